The monoisotopic (exact) mass is 538 g/mol. The van der Waals surface area contributed by atoms with Crippen LogP contribution < -0.4 is 10.1 Å². The summed E-state index contributed by atoms with van der Waals surface area (Å²) in [5, 5.41) is 3.97. The fraction of sp³-hybridized carbons (Fsp3) is 0.528. The summed E-state index contributed by atoms with van der Waals surface area (Å²) in [7, 11) is 0. The van der Waals surface area contributed by atoms with Crippen LogP contribution in [0.1, 0.15) is 95.7 Å². The Morgan fingerprint density at radius 2 is 1.65 bits per heavy atom. The van der Waals surface area contributed by atoms with Crippen LogP contribution in [0.3, 0.4) is 0 Å². The molecule has 2 saturated carbocycles. The SMILES string of the molecule is CCC1=CC=C(C(C2CC2)N2C(=O)C(c3ccc(OCc4ccccc4)cc3)NC23CCC(C(C)C)CC3)CC1. The van der Waals surface area contributed by atoms with Gasteiger partial charge in [-0.1, -0.05) is 81.0 Å². The van der Waals surface area contributed by atoms with Crippen LogP contribution >= 0.6 is 0 Å². The van der Waals surface area contributed by atoms with E-state index in [1.807, 2.05) is 30.3 Å². The number of hydrogen-bond acceptors (Lipinski definition) is 3. The van der Waals surface area contributed by atoms with Gasteiger partial charge in [-0.3, -0.25) is 10.1 Å². The predicted octanol–water partition coefficient (Wildman–Crippen LogP) is 8.12. The molecule has 2 aromatic rings. The van der Waals surface area contributed by atoms with Crippen molar-refractivity contribution in [3.63, 3.8) is 0 Å². The van der Waals surface area contributed by atoms with Crippen molar-refractivity contribution >= 4 is 5.91 Å². The van der Waals surface area contributed by atoms with E-state index in [1.165, 1.54) is 36.8 Å². The van der Waals surface area contributed by atoms with Crippen LogP contribution in [0.15, 0.2) is 77.9 Å². The molecule has 0 radical (unpaired) electrons. The van der Waals surface area contributed by atoms with Gasteiger partial charge in [-0.15, -0.1) is 0 Å². The van der Waals surface area contributed by atoms with Gasteiger partial charge >= 0.3 is 0 Å². The molecule has 212 valence electrons. The van der Waals surface area contributed by atoms with Gasteiger partial charge < -0.3 is 9.64 Å². The molecule has 1 aliphatic heterocycles. The van der Waals surface area contributed by atoms with Gasteiger partial charge in [0.05, 0.1) is 11.7 Å². The first-order chi connectivity index (χ1) is 19.5. The maximum atomic E-state index is 14.5. The number of carbonyl (C=O) groups is 1. The molecule has 0 aromatic heterocycles. The molecule has 1 heterocycles. The minimum absolute atomic E-state index is 0.226. The maximum Gasteiger partial charge on any atom is 0.246 e. The van der Waals surface area contributed by atoms with E-state index in [0.29, 0.717) is 18.4 Å². The van der Waals surface area contributed by atoms with Gasteiger partial charge in [-0.05, 0) is 104 Å². The van der Waals surface area contributed by atoms with Gasteiger partial charge in [0.2, 0.25) is 5.91 Å². The molecule has 1 spiro atoms. The van der Waals surface area contributed by atoms with E-state index < -0.39 is 0 Å². The number of nitrogens with zero attached hydrogens (tertiary/aromatic N) is 1. The minimum atomic E-state index is -0.300. The van der Waals surface area contributed by atoms with Crippen molar-refractivity contribution < 1.29 is 9.53 Å². The fourth-order valence-corrected chi connectivity index (χ4v) is 7.38. The lowest BCUT2D eigenvalue weighted by molar-refractivity contribution is -0.136. The van der Waals surface area contributed by atoms with Gasteiger partial charge in [0.15, 0.2) is 0 Å². The topological polar surface area (TPSA) is 41.6 Å². The number of nitrogens with one attached hydrogen (secondary N) is 1. The summed E-state index contributed by atoms with van der Waals surface area (Å²) < 4.78 is 6.05. The molecule has 4 aliphatic rings. The summed E-state index contributed by atoms with van der Waals surface area (Å²) in [6.45, 7) is 7.51. The Morgan fingerprint density at radius 1 is 0.925 bits per heavy atom. The molecule has 3 fully saturated rings. The second-order valence-electron chi connectivity index (χ2n) is 12.9. The molecule has 3 aliphatic carbocycles. The fourth-order valence-electron chi connectivity index (χ4n) is 7.38. The van der Waals surface area contributed by atoms with Gasteiger partial charge in [0.25, 0.3) is 0 Å². The quantitative estimate of drug-likeness (QED) is 0.351. The number of rotatable bonds is 9. The molecule has 4 heteroatoms. The van der Waals surface area contributed by atoms with E-state index in [4.69, 9.17) is 4.74 Å². The predicted molar refractivity (Wildman–Crippen MR) is 162 cm³/mol. The van der Waals surface area contributed by atoms with Crippen molar-refractivity contribution in [3.05, 3.63) is 89.0 Å². The molecule has 1 saturated heterocycles. The van der Waals surface area contributed by atoms with Crippen molar-refractivity contribution in [1.29, 1.82) is 0 Å². The highest BCUT2D eigenvalue weighted by atomic mass is 16.5. The summed E-state index contributed by atoms with van der Waals surface area (Å²) in [5.41, 5.74) is 4.95. The summed E-state index contributed by atoms with van der Waals surface area (Å²) in [4.78, 5) is 16.9. The molecule has 40 heavy (non-hydrogen) atoms. The number of carbonyl (C=O) groups excluding carboxylic acids is 1. The van der Waals surface area contributed by atoms with Crippen LogP contribution in [0.5, 0.6) is 5.75 Å². The summed E-state index contributed by atoms with van der Waals surface area (Å²) in [5.74, 6) is 3.14. The average Bonchev–Trinajstić information content (AvgIpc) is 3.80. The highest BCUT2D eigenvalue weighted by Gasteiger charge is 2.57. The molecule has 2 atom stereocenters. The third-order valence-corrected chi connectivity index (χ3v) is 10.1. The van der Waals surface area contributed by atoms with E-state index >= 15 is 0 Å². The Labute approximate surface area is 240 Å². The van der Waals surface area contributed by atoms with Crippen molar-refractivity contribution in [1.82, 2.24) is 10.2 Å². The molecule has 0 bridgehead atoms. The van der Waals surface area contributed by atoms with Crippen molar-refractivity contribution in [3.8, 4) is 5.75 Å². The van der Waals surface area contributed by atoms with Gasteiger partial charge in [0, 0.05) is 0 Å². The number of allylic oxidation sites excluding steroid dienone is 3. The number of benzene rings is 2. The molecule has 1 N–H and O–H groups in total. The van der Waals surface area contributed by atoms with Crippen LogP contribution in [-0.4, -0.2) is 22.5 Å². The zero-order valence-corrected chi connectivity index (χ0v) is 24.6. The maximum absolute atomic E-state index is 14.5. The zero-order chi connectivity index (χ0) is 27.7. The van der Waals surface area contributed by atoms with Gasteiger partial charge in [-0.25, -0.2) is 0 Å². The lowest BCUT2D eigenvalue weighted by Crippen LogP contribution is -2.59. The number of hydrogen-bond donors (Lipinski definition) is 1. The van der Waals surface area contributed by atoms with E-state index in [0.717, 1.165) is 54.9 Å². The Hall–Kier alpha value is -2.85. The van der Waals surface area contributed by atoms with Gasteiger partial charge in [0.1, 0.15) is 18.4 Å². The van der Waals surface area contributed by atoms with E-state index in [9.17, 15) is 4.79 Å². The van der Waals surface area contributed by atoms with Crippen molar-refractivity contribution in [2.45, 2.75) is 103 Å². The third kappa shape index (κ3) is 5.52. The minimum Gasteiger partial charge on any atom is -0.489 e. The molecule has 4 nitrogen and oxygen atoms in total. The molecule has 2 aromatic carbocycles. The molecule has 2 unspecified atom stereocenters. The Kier molecular flexibility index (Phi) is 7.90. The van der Waals surface area contributed by atoms with Crippen LogP contribution in [0.25, 0.3) is 0 Å². The highest BCUT2D eigenvalue weighted by molar-refractivity contribution is 5.87. The summed E-state index contributed by atoms with van der Waals surface area (Å²) in [6.07, 6.45) is 15.0. The van der Waals surface area contributed by atoms with E-state index in [1.54, 1.807) is 0 Å². The Bertz CT molecular complexity index is 1230. The first kappa shape index (κ1) is 27.3. The largest absolute Gasteiger partial charge is 0.489 e. The lowest BCUT2D eigenvalue weighted by Gasteiger charge is -2.48. The normalized spacial score (nSPS) is 27.6. The van der Waals surface area contributed by atoms with Crippen LogP contribution in [0.4, 0.5) is 0 Å². The first-order valence-corrected chi connectivity index (χ1v) is 15.7. The van der Waals surface area contributed by atoms with E-state index in [-0.39, 0.29) is 23.7 Å². The third-order valence-electron chi connectivity index (χ3n) is 10.1. The molecular formula is C36H46N2O2. The van der Waals surface area contributed by atoms with Crippen LogP contribution in [0, 0.1) is 17.8 Å². The first-order valence-electron chi connectivity index (χ1n) is 15.7. The number of ether oxygens (including phenoxy) is 1. The number of amides is 1. The van der Waals surface area contributed by atoms with E-state index in [2.05, 4.69) is 67.4 Å². The molecular weight excluding hydrogens is 492 g/mol. The zero-order valence-electron chi connectivity index (χ0n) is 24.6. The highest BCUT2D eigenvalue weighted by Crippen LogP contribution is 2.50. The van der Waals surface area contributed by atoms with Crippen molar-refractivity contribution in [2.24, 2.45) is 17.8 Å². The smallest absolute Gasteiger partial charge is 0.246 e. The lowest BCUT2D eigenvalue weighted by atomic mass is 9.75. The second-order valence-corrected chi connectivity index (χ2v) is 12.9. The van der Waals surface area contributed by atoms with Crippen molar-refractivity contribution in [2.75, 3.05) is 0 Å². The molecule has 1 amide bonds. The van der Waals surface area contributed by atoms with Gasteiger partial charge in [-0.2, -0.15) is 0 Å². The average molecular weight is 539 g/mol. The van der Waals surface area contributed by atoms with Crippen LogP contribution in [-0.2, 0) is 11.4 Å². The molecule has 6 rings (SSSR count). The Balaban J connectivity index is 1.27. The Morgan fingerprint density at radius 3 is 2.25 bits per heavy atom. The second kappa shape index (κ2) is 11.6. The van der Waals surface area contributed by atoms with Crippen LogP contribution in [0.2, 0.25) is 0 Å². The summed E-state index contributed by atoms with van der Waals surface area (Å²) >= 11 is 0. The standard InChI is InChI=1S/C36H46N2O2/c1-4-26-10-12-30(13-11-26)34(31-14-15-31)38-35(39)33(37-36(38)22-20-28(21-23-36)25(2)3)29-16-18-32(19-17-29)40-24-27-8-6-5-7-9-27/h5-10,12,16-19,25,28,31,33-34,37H,4,11,13-15,20-24H2,1-3H3. The summed E-state index contributed by atoms with van der Waals surface area (Å²) in [6, 6.07) is 18.4.